The number of carbonyl (C=O) groups is 1. The summed E-state index contributed by atoms with van der Waals surface area (Å²) in [5, 5.41) is 6.28. The minimum Gasteiger partial charge on any atom is -0.465 e. The number of nitrogens with one attached hydrogen (secondary N) is 2. The van der Waals surface area contributed by atoms with E-state index in [1.807, 2.05) is 0 Å². The molecule has 0 bridgehead atoms. The average Bonchev–Trinajstić information content (AvgIpc) is 3.00. The Hall–Kier alpha value is -2.26. The molecule has 0 aliphatic rings. The minimum atomic E-state index is -3.83. The number of aromatic amines is 1. The number of benzene rings is 1. The van der Waals surface area contributed by atoms with Gasteiger partial charge in [-0.05, 0) is 31.5 Å². The number of aromatic nitrogens is 3. The van der Waals surface area contributed by atoms with Gasteiger partial charge in [-0.15, -0.1) is 0 Å². The molecule has 0 fully saturated rings. The molecule has 0 spiro atoms. The number of ether oxygens (including phenoxy) is 1. The summed E-state index contributed by atoms with van der Waals surface area (Å²) in [5.74, 6) is -0.191. The van der Waals surface area contributed by atoms with Gasteiger partial charge >= 0.3 is 5.97 Å². The third kappa shape index (κ3) is 3.15. The van der Waals surface area contributed by atoms with Gasteiger partial charge in [0.1, 0.15) is 12.2 Å². The van der Waals surface area contributed by atoms with Crippen LogP contribution in [-0.2, 0) is 14.8 Å². The number of hydrogen-bond donors (Lipinski definition) is 2. The molecule has 1 aromatic carbocycles. The van der Waals surface area contributed by atoms with Gasteiger partial charge in [0.25, 0.3) is 0 Å². The van der Waals surface area contributed by atoms with Crippen molar-refractivity contribution in [2.24, 2.45) is 0 Å². The summed E-state index contributed by atoms with van der Waals surface area (Å²) in [6.07, 6.45) is 1.29. The minimum absolute atomic E-state index is 0.0155. The number of esters is 1. The topological polar surface area (TPSA) is 114 Å². The summed E-state index contributed by atoms with van der Waals surface area (Å²) in [7, 11) is -2.58. The second-order valence-electron chi connectivity index (χ2n) is 4.63. The van der Waals surface area contributed by atoms with E-state index in [1.54, 1.807) is 13.8 Å². The standard InChI is InChI=1S/C13H16N4O4S/c1-8-10(13(18)21-3)5-4-6-11(8)22(19,20)17-9(2)12-14-7-15-16-12/h4-7,9,17H,1-3H3,(H,14,15,16)/t9-/m0/s1. The molecule has 1 aromatic heterocycles. The van der Waals surface area contributed by atoms with Crippen molar-refractivity contribution in [1.82, 2.24) is 19.9 Å². The van der Waals surface area contributed by atoms with E-state index in [9.17, 15) is 13.2 Å². The molecule has 0 amide bonds. The fourth-order valence-corrected chi connectivity index (χ4v) is 3.49. The highest BCUT2D eigenvalue weighted by Gasteiger charge is 2.24. The van der Waals surface area contributed by atoms with Crippen molar-refractivity contribution < 1.29 is 17.9 Å². The largest absolute Gasteiger partial charge is 0.465 e. The van der Waals surface area contributed by atoms with E-state index in [-0.39, 0.29) is 10.5 Å². The lowest BCUT2D eigenvalue weighted by atomic mass is 10.1. The van der Waals surface area contributed by atoms with E-state index in [0.29, 0.717) is 11.4 Å². The van der Waals surface area contributed by atoms with Crippen LogP contribution in [0.15, 0.2) is 29.4 Å². The lowest BCUT2D eigenvalue weighted by Crippen LogP contribution is -2.28. The van der Waals surface area contributed by atoms with Crippen LogP contribution < -0.4 is 4.72 Å². The number of carbonyl (C=O) groups excluding carboxylic acids is 1. The first-order valence-electron chi connectivity index (χ1n) is 6.42. The number of H-pyrrole nitrogens is 1. The van der Waals surface area contributed by atoms with E-state index in [1.165, 1.54) is 31.6 Å². The molecule has 0 aliphatic heterocycles. The summed E-state index contributed by atoms with van der Waals surface area (Å²) >= 11 is 0. The van der Waals surface area contributed by atoms with E-state index >= 15 is 0 Å². The molecule has 118 valence electrons. The van der Waals surface area contributed by atoms with E-state index in [0.717, 1.165) is 0 Å². The van der Waals surface area contributed by atoms with Gasteiger partial charge in [-0.25, -0.2) is 22.9 Å². The average molecular weight is 324 g/mol. The normalized spacial score (nSPS) is 12.9. The van der Waals surface area contributed by atoms with Crippen LogP contribution in [0, 0.1) is 6.92 Å². The highest BCUT2D eigenvalue weighted by molar-refractivity contribution is 7.89. The number of methoxy groups -OCH3 is 1. The third-order valence-corrected chi connectivity index (χ3v) is 4.84. The van der Waals surface area contributed by atoms with Crippen molar-refractivity contribution in [3.8, 4) is 0 Å². The van der Waals surface area contributed by atoms with Crippen molar-refractivity contribution in [3.63, 3.8) is 0 Å². The summed E-state index contributed by atoms with van der Waals surface area (Å²) in [5.41, 5.74) is 0.532. The number of rotatable bonds is 5. The second kappa shape index (κ2) is 6.24. The van der Waals surface area contributed by atoms with Gasteiger partial charge in [0.2, 0.25) is 10.0 Å². The Morgan fingerprint density at radius 1 is 1.41 bits per heavy atom. The lowest BCUT2D eigenvalue weighted by Gasteiger charge is -2.14. The summed E-state index contributed by atoms with van der Waals surface area (Å²) < 4.78 is 32.1. The van der Waals surface area contributed by atoms with Crippen molar-refractivity contribution in [1.29, 1.82) is 0 Å². The molecule has 9 heteroatoms. The molecule has 0 radical (unpaired) electrons. The predicted molar refractivity (Wildman–Crippen MR) is 77.6 cm³/mol. The van der Waals surface area contributed by atoms with Crippen molar-refractivity contribution >= 4 is 16.0 Å². The number of sulfonamides is 1. The zero-order valence-corrected chi connectivity index (χ0v) is 13.1. The monoisotopic (exact) mass is 324 g/mol. The Morgan fingerprint density at radius 2 is 2.14 bits per heavy atom. The second-order valence-corrected chi connectivity index (χ2v) is 6.32. The summed E-state index contributed by atoms with van der Waals surface area (Å²) in [4.78, 5) is 15.6. The predicted octanol–water partition coefficient (Wildman–Crippen LogP) is 0.939. The maximum atomic E-state index is 12.5. The van der Waals surface area contributed by atoms with E-state index < -0.39 is 22.0 Å². The highest BCUT2D eigenvalue weighted by Crippen LogP contribution is 2.21. The first kappa shape index (κ1) is 16.1. The van der Waals surface area contributed by atoms with Crippen LogP contribution in [0.5, 0.6) is 0 Å². The van der Waals surface area contributed by atoms with Gasteiger partial charge in [-0.1, -0.05) is 6.07 Å². The maximum absolute atomic E-state index is 12.5. The van der Waals surface area contributed by atoms with Crippen molar-refractivity contribution in [2.75, 3.05) is 7.11 Å². The van der Waals surface area contributed by atoms with Gasteiger partial charge in [-0.3, -0.25) is 5.10 Å². The first-order valence-corrected chi connectivity index (χ1v) is 7.90. The number of nitrogens with zero attached hydrogens (tertiary/aromatic N) is 2. The van der Waals surface area contributed by atoms with Crippen LogP contribution in [0.25, 0.3) is 0 Å². The molecular weight excluding hydrogens is 308 g/mol. The van der Waals surface area contributed by atoms with Crippen molar-refractivity contribution in [3.05, 3.63) is 41.5 Å². The Balaban J connectivity index is 2.36. The van der Waals surface area contributed by atoms with Gasteiger partial charge in [0.15, 0.2) is 0 Å². The highest BCUT2D eigenvalue weighted by atomic mass is 32.2. The molecule has 1 heterocycles. The Kier molecular flexibility index (Phi) is 4.57. The smallest absolute Gasteiger partial charge is 0.338 e. The zero-order valence-electron chi connectivity index (χ0n) is 12.3. The first-order chi connectivity index (χ1) is 10.4. The maximum Gasteiger partial charge on any atom is 0.338 e. The quantitative estimate of drug-likeness (QED) is 0.791. The van der Waals surface area contributed by atoms with Gasteiger partial charge in [0, 0.05) is 0 Å². The zero-order chi connectivity index (χ0) is 16.3. The van der Waals surface area contributed by atoms with Crippen LogP contribution in [0.1, 0.15) is 34.7 Å². The molecule has 2 aromatic rings. The van der Waals surface area contributed by atoms with Crippen LogP contribution in [0.3, 0.4) is 0 Å². The molecule has 8 nitrogen and oxygen atoms in total. The van der Waals surface area contributed by atoms with E-state index in [4.69, 9.17) is 0 Å². The van der Waals surface area contributed by atoms with Gasteiger partial charge in [-0.2, -0.15) is 5.10 Å². The van der Waals surface area contributed by atoms with Gasteiger partial charge < -0.3 is 4.74 Å². The van der Waals surface area contributed by atoms with E-state index in [2.05, 4.69) is 24.6 Å². The summed E-state index contributed by atoms with van der Waals surface area (Å²) in [6, 6.07) is 3.85. The Morgan fingerprint density at radius 3 is 2.73 bits per heavy atom. The molecule has 0 saturated carbocycles. The van der Waals surface area contributed by atoms with Gasteiger partial charge in [0.05, 0.1) is 23.6 Å². The molecule has 2 N–H and O–H groups in total. The molecule has 0 saturated heterocycles. The third-order valence-electron chi connectivity index (χ3n) is 3.15. The van der Waals surface area contributed by atoms with Crippen LogP contribution >= 0.6 is 0 Å². The SMILES string of the molecule is COC(=O)c1cccc(S(=O)(=O)N[C@@H](C)c2ncn[nH]2)c1C. The molecule has 0 aliphatic carbocycles. The Labute approximate surface area is 128 Å². The summed E-state index contributed by atoms with van der Waals surface area (Å²) in [6.45, 7) is 3.19. The molecule has 22 heavy (non-hydrogen) atoms. The molecule has 0 unspecified atom stereocenters. The molecular formula is C13H16N4O4S. The fraction of sp³-hybridized carbons (Fsp3) is 0.308. The number of hydrogen-bond acceptors (Lipinski definition) is 6. The fourth-order valence-electron chi connectivity index (χ4n) is 2.01. The lowest BCUT2D eigenvalue weighted by molar-refractivity contribution is 0.0599. The Bertz CT molecular complexity index is 771. The molecule has 2 rings (SSSR count). The van der Waals surface area contributed by atoms with Crippen LogP contribution in [0.2, 0.25) is 0 Å². The van der Waals surface area contributed by atoms with Crippen LogP contribution in [-0.4, -0.2) is 36.7 Å². The van der Waals surface area contributed by atoms with Crippen LogP contribution in [0.4, 0.5) is 0 Å². The van der Waals surface area contributed by atoms with Crippen molar-refractivity contribution in [2.45, 2.75) is 24.8 Å². The molecule has 1 atom stereocenters.